The monoisotopic (exact) mass is 321 g/mol. The number of aliphatic hydroxyl groups excluding tert-OH is 2. The minimum atomic E-state index is -1.36. The largest absolute Gasteiger partial charge is 0.475 e. The Balaban J connectivity index is 2.34. The first-order valence-corrected chi connectivity index (χ1v) is 6.71. The molecular weight excluding hydrogens is 306 g/mol. The van der Waals surface area contributed by atoms with Gasteiger partial charge in [-0.2, -0.15) is 0 Å². The minimum absolute atomic E-state index is 0.0576. The Kier molecular flexibility index (Phi) is 4.77. The maximum absolute atomic E-state index is 11.9. The Morgan fingerprint density at radius 3 is 2.57 bits per heavy atom. The summed E-state index contributed by atoms with van der Waals surface area (Å²) >= 11 is 0. The molecule has 0 saturated carbocycles. The van der Waals surface area contributed by atoms with Crippen molar-refractivity contribution in [1.29, 1.82) is 0 Å². The molecule has 1 aromatic heterocycles. The molecule has 2 unspecified atom stereocenters. The fourth-order valence-electron chi connectivity index (χ4n) is 2.05. The summed E-state index contributed by atoms with van der Waals surface area (Å²) in [5.41, 5.74) is -0.276. The number of hydrogen-bond acceptors (Lipinski definition) is 6. The van der Waals surface area contributed by atoms with Crippen LogP contribution in [0.25, 0.3) is 11.0 Å². The molecule has 8 heteroatoms. The van der Waals surface area contributed by atoms with Gasteiger partial charge in [0.25, 0.3) is 0 Å². The lowest BCUT2D eigenvalue weighted by Gasteiger charge is -2.18. The maximum Gasteiger partial charge on any atom is 0.371 e. The van der Waals surface area contributed by atoms with E-state index in [9.17, 15) is 24.6 Å². The maximum atomic E-state index is 11.9. The second-order valence-electron chi connectivity index (χ2n) is 4.98. The van der Waals surface area contributed by atoms with Crippen LogP contribution >= 0.6 is 0 Å². The highest BCUT2D eigenvalue weighted by atomic mass is 16.4. The van der Waals surface area contributed by atoms with Gasteiger partial charge in [-0.1, -0.05) is 6.07 Å². The molecule has 1 heterocycles. The minimum Gasteiger partial charge on any atom is -0.475 e. The van der Waals surface area contributed by atoms with Crippen molar-refractivity contribution >= 4 is 22.8 Å². The number of carbonyl (C=O) groups excluding carboxylic acids is 1. The number of hydrogen-bond donors (Lipinski definition) is 4. The molecule has 8 nitrogen and oxygen atoms in total. The van der Waals surface area contributed by atoms with E-state index in [1.807, 2.05) is 0 Å². The van der Waals surface area contributed by atoms with E-state index in [-0.39, 0.29) is 29.0 Å². The molecule has 1 amide bonds. The van der Waals surface area contributed by atoms with E-state index < -0.39 is 29.4 Å². The van der Waals surface area contributed by atoms with Crippen LogP contribution in [0.15, 0.2) is 33.5 Å². The van der Waals surface area contributed by atoms with Crippen molar-refractivity contribution in [3.05, 3.63) is 45.8 Å². The van der Waals surface area contributed by atoms with Gasteiger partial charge >= 0.3 is 5.97 Å². The third kappa shape index (κ3) is 3.74. The first kappa shape index (κ1) is 16.7. The lowest BCUT2D eigenvalue weighted by molar-refractivity contribution is -0.119. The fourth-order valence-corrected chi connectivity index (χ4v) is 2.05. The van der Waals surface area contributed by atoms with Crippen LogP contribution in [-0.4, -0.2) is 39.8 Å². The Morgan fingerprint density at radius 1 is 1.26 bits per heavy atom. The molecular formula is C15H15NO7. The lowest BCUT2D eigenvalue weighted by Crippen LogP contribution is -2.34. The molecule has 0 saturated heterocycles. The second kappa shape index (κ2) is 6.59. The number of rotatable bonds is 5. The summed E-state index contributed by atoms with van der Waals surface area (Å²) in [5.74, 6) is -2.20. The molecule has 23 heavy (non-hydrogen) atoms. The number of carbonyl (C=O) groups is 2. The first-order valence-electron chi connectivity index (χ1n) is 6.71. The van der Waals surface area contributed by atoms with E-state index in [0.717, 1.165) is 6.07 Å². The second-order valence-corrected chi connectivity index (χ2v) is 4.98. The van der Waals surface area contributed by atoms with Crippen LogP contribution in [0.2, 0.25) is 0 Å². The Morgan fingerprint density at radius 2 is 1.96 bits per heavy atom. The van der Waals surface area contributed by atoms with Gasteiger partial charge in [-0.15, -0.1) is 0 Å². The topological polar surface area (TPSA) is 137 Å². The van der Waals surface area contributed by atoms with Crippen LogP contribution in [0.1, 0.15) is 29.1 Å². The van der Waals surface area contributed by atoms with Crippen molar-refractivity contribution in [1.82, 2.24) is 5.32 Å². The molecule has 0 aliphatic heterocycles. The number of fused-ring (bicyclic) bond motifs is 1. The van der Waals surface area contributed by atoms with E-state index in [4.69, 9.17) is 9.52 Å². The van der Waals surface area contributed by atoms with Crippen molar-refractivity contribution in [3.8, 4) is 0 Å². The van der Waals surface area contributed by atoms with Gasteiger partial charge in [-0.25, -0.2) is 4.79 Å². The van der Waals surface area contributed by atoms with Crippen LogP contribution in [-0.2, 0) is 4.79 Å². The van der Waals surface area contributed by atoms with Gasteiger partial charge in [0, 0.05) is 19.5 Å². The highest BCUT2D eigenvalue weighted by Gasteiger charge is 2.20. The lowest BCUT2D eigenvalue weighted by atomic mass is 10.0. The summed E-state index contributed by atoms with van der Waals surface area (Å²) in [5, 5.41) is 31.2. The van der Waals surface area contributed by atoms with Crippen LogP contribution in [0.3, 0.4) is 0 Å². The summed E-state index contributed by atoms with van der Waals surface area (Å²) in [6.45, 7) is 1.13. The molecule has 0 spiro atoms. The SMILES string of the molecule is CC(=O)NCC(O)C(O)c1ccc2oc(C(=O)O)cc(=O)c2c1. The number of aromatic carboxylic acids is 1. The molecule has 0 bridgehead atoms. The van der Waals surface area contributed by atoms with E-state index in [2.05, 4.69) is 5.32 Å². The molecule has 2 atom stereocenters. The Hall–Kier alpha value is -2.71. The van der Waals surface area contributed by atoms with Crippen molar-refractivity contribution in [2.24, 2.45) is 0 Å². The van der Waals surface area contributed by atoms with Crippen LogP contribution in [0.4, 0.5) is 0 Å². The number of aliphatic hydroxyl groups is 2. The molecule has 0 aliphatic rings. The van der Waals surface area contributed by atoms with E-state index in [0.29, 0.717) is 0 Å². The summed E-state index contributed by atoms with van der Waals surface area (Å²) < 4.78 is 5.08. The first-order chi connectivity index (χ1) is 10.8. The molecule has 122 valence electrons. The van der Waals surface area contributed by atoms with Gasteiger partial charge in [-0.05, 0) is 17.7 Å². The zero-order chi connectivity index (χ0) is 17.1. The summed E-state index contributed by atoms with van der Waals surface area (Å²) in [6, 6.07) is 4.90. The molecule has 0 fully saturated rings. The summed E-state index contributed by atoms with van der Waals surface area (Å²) in [4.78, 5) is 33.6. The van der Waals surface area contributed by atoms with Gasteiger partial charge in [-0.3, -0.25) is 9.59 Å². The van der Waals surface area contributed by atoms with Crippen LogP contribution in [0, 0.1) is 0 Å². The summed E-state index contributed by atoms with van der Waals surface area (Å²) in [7, 11) is 0. The quantitative estimate of drug-likeness (QED) is 0.609. The highest BCUT2D eigenvalue weighted by molar-refractivity contribution is 5.87. The number of benzene rings is 1. The Labute approximate surface area is 130 Å². The molecule has 0 radical (unpaired) electrons. The van der Waals surface area contributed by atoms with Gasteiger partial charge < -0.3 is 25.1 Å². The normalized spacial score (nSPS) is 13.5. The molecule has 1 aromatic carbocycles. The van der Waals surface area contributed by atoms with Crippen molar-refractivity contribution in [2.75, 3.05) is 6.54 Å². The molecule has 2 rings (SSSR count). The zero-order valence-corrected chi connectivity index (χ0v) is 12.1. The third-order valence-corrected chi connectivity index (χ3v) is 3.23. The van der Waals surface area contributed by atoms with Gasteiger partial charge in [0.05, 0.1) is 5.39 Å². The van der Waals surface area contributed by atoms with E-state index in [1.54, 1.807) is 0 Å². The van der Waals surface area contributed by atoms with Crippen LogP contribution in [0.5, 0.6) is 0 Å². The van der Waals surface area contributed by atoms with E-state index in [1.165, 1.54) is 25.1 Å². The molecule has 2 aromatic rings. The molecule has 4 N–H and O–H groups in total. The van der Waals surface area contributed by atoms with Crippen molar-refractivity contribution < 1.29 is 29.3 Å². The van der Waals surface area contributed by atoms with Gasteiger partial charge in [0.1, 0.15) is 17.8 Å². The van der Waals surface area contributed by atoms with Gasteiger partial charge in [0.15, 0.2) is 5.43 Å². The van der Waals surface area contributed by atoms with Gasteiger partial charge in [0.2, 0.25) is 11.7 Å². The summed E-state index contributed by atoms with van der Waals surface area (Å²) in [6.07, 6.45) is -2.59. The van der Waals surface area contributed by atoms with Crippen molar-refractivity contribution in [2.45, 2.75) is 19.1 Å². The number of nitrogens with one attached hydrogen (secondary N) is 1. The highest BCUT2D eigenvalue weighted by Crippen LogP contribution is 2.21. The molecule has 0 aliphatic carbocycles. The number of amides is 1. The van der Waals surface area contributed by atoms with E-state index >= 15 is 0 Å². The standard InChI is InChI=1S/C15H15NO7/c1-7(17)16-6-11(19)14(20)8-2-3-12-9(4-8)10(18)5-13(23-12)15(21)22/h2-5,11,14,19-20H,6H2,1H3,(H,16,17)(H,21,22). The predicted octanol–water partition coefficient (Wildman–Crippen LogP) is 0.0216. The van der Waals surface area contributed by atoms with Crippen LogP contribution < -0.4 is 10.7 Å². The van der Waals surface area contributed by atoms with Crippen molar-refractivity contribution in [3.63, 3.8) is 0 Å². The fraction of sp³-hybridized carbons (Fsp3) is 0.267. The Bertz CT molecular complexity index is 811. The zero-order valence-electron chi connectivity index (χ0n) is 12.1. The number of carboxylic acid groups (broad SMARTS) is 1. The average molecular weight is 321 g/mol. The predicted molar refractivity (Wildman–Crippen MR) is 79.1 cm³/mol. The average Bonchev–Trinajstić information content (AvgIpc) is 2.51. The smallest absolute Gasteiger partial charge is 0.371 e. The number of carboxylic acids is 1. The third-order valence-electron chi connectivity index (χ3n) is 3.23.